The molecule has 0 saturated carbocycles. The molecule has 2 aromatic rings. The third kappa shape index (κ3) is 4.80. The number of benzene rings is 2. The van der Waals surface area contributed by atoms with E-state index in [4.69, 9.17) is 0 Å². The number of nitrogens with zero attached hydrogens (tertiary/aromatic N) is 1. The summed E-state index contributed by atoms with van der Waals surface area (Å²) in [5.41, 5.74) is 0.642. The topological polar surface area (TPSA) is 66.5 Å². The molecule has 2 rings (SSSR count). The van der Waals surface area contributed by atoms with Gasteiger partial charge in [-0.3, -0.25) is 9.10 Å². The molecular formula is C19H24N2O3S2. The Morgan fingerprint density at radius 1 is 1.00 bits per heavy atom. The van der Waals surface area contributed by atoms with Crippen LogP contribution in [0.25, 0.3) is 0 Å². The Balaban J connectivity index is 2.23. The first kappa shape index (κ1) is 20.3. The number of rotatable bonds is 5. The van der Waals surface area contributed by atoms with Gasteiger partial charge in [0.2, 0.25) is 0 Å². The van der Waals surface area contributed by atoms with Gasteiger partial charge in [-0.25, -0.2) is 8.42 Å². The van der Waals surface area contributed by atoms with Gasteiger partial charge in [0.25, 0.3) is 15.9 Å². The molecule has 0 atom stereocenters. The number of hydrogen-bond acceptors (Lipinski definition) is 4. The fourth-order valence-electron chi connectivity index (χ4n) is 2.28. The van der Waals surface area contributed by atoms with Crippen LogP contribution in [0.4, 0.5) is 5.69 Å². The average Bonchev–Trinajstić information content (AvgIpc) is 2.59. The zero-order valence-electron chi connectivity index (χ0n) is 15.6. The van der Waals surface area contributed by atoms with Gasteiger partial charge >= 0.3 is 0 Å². The zero-order chi connectivity index (χ0) is 19.5. The number of carbonyl (C=O) groups excluding carboxylic acids is 1. The second kappa shape index (κ2) is 7.72. The van der Waals surface area contributed by atoms with Gasteiger partial charge in [0.05, 0.1) is 10.6 Å². The fourth-order valence-corrected chi connectivity index (χ4v) is 3.88. The van der Waals surface area contributed by atoms with Crippen LogP contribution in [-0.4, -0.2) is 33.2 Å². The summed E-state index contributed by atoms with van der Waals surface area (Å²) in [5, 5.41) is 2.88. The lowest BCUT2D eigenvalue weighted by atomic mass is 10.1. The molecule has 2 aromatic carbocycles. The molecule has 0 aliphatic rings. The quantitative estimate of drug-likeness (QED) is 0.787. The van der Waals surface area contributed by atoms with Gasteiger partial charge in [0, 0.05) is 23.0 Å². The maximum absolute atomic E-state index is 12.8. The van der Waals surface area contributed by atoms with Crippen LogP contribution in [-0.2, 0) is 10.0 Å². The second-order valence-corrected chi connectivity index (χ2v) is 9.75. The Kier molecular flexibility index (Phi) is 6.03. The minimum Gasteiger partial charge on any atom is -0.347 e. The Morgan fingerprint density at radius 2 is 1.54 bits per heavy atom. The molecule has 1 N–H and O–H groups in total. The zero-order valence-corrected chi connectivity index (χ0v) is 17.2. The summed E-state index contributed by atoms with van der Waals surface area (Å²) in [6.45, 7) is 5.71. The van der Waals surface area contributed by atoms with Crippen LogP contribution < -0.4 is 9.62 Å². The maximum atomic E-state index is 12.8. The largest absolute Gasteiger partial charge is 0.347 e. The van der Waals surface area contributed by atoms with Crippen molar-refractivity contribution >= 4 is 33.4 Å². The van der Waals surface area contributed by atoms with Crippen molar-refractivity contribution in [1.29, 1.82) is 0 Å². The number of thioether (sulfide) groups is 1. The van der Waals surface area contributed by atoms with Crippen LogP contribution in [0.5, 0.6) is 0 Å². The van der Waals surface area contributed by atoms with E-state index in [9.17, 15) is 13.2 Å². The normalized spacial score (nSPS) is 11.9. The SMILES string of the molecule is CSc1ccc(S(=O)(=O)N(C)c2ccc(C(=O)NC(C)(C)C)cc2)cc1. The van der Waals surface area contributed by atoms with E-state index in [-0.39, 0.29) is 16.3 Å². The van der Waals surface area contributed by atoms with Crippen molar-refractivity contribution in [2.75, 3.05) is 17.6 Å². The molecule has 0 aliphatic heterocycles. The molecule has 0 aromatic heterocycles. The first-order chi connectivity index (χ1) is 12.0. The summed E-state index contributed by atoms with van der Waals surface area (Å²) >= 11 is 1.55. The molecule has 0 saturated heterocycles. The molecule has 7 heteroatoms. The highest BCUT2D eigenvalue weighted by atomic mass is 32.2. The van der Waals surface area contributed by atoms with E-state index in [1.807, 2.05) is 27.0 Å². The summed E-state index contributed by atoms with van der Waals surface area (Å²) in [7, 11) is -2.15. The molecule has 0 fully saturated rings. The Morgan fingerprint density at radius 3 is 2.00 bits per heavy atom. The van der Waals surface area contributed by atoms with Gasteiger partial charge in [0.1, 0.15) is 0 Å². The van der Waals surface area contributed by atoms with Gasteiger partial charge in [0.15, 0.2) is 0 Å². The van der Waals surface area contributed by atoms with Crippen LogP contribution in [0.3, 0.4) is 0 Å². The minimum atomic E-state index is -3.66. The standard InChI is InChI=1S/C19H24N2O3S2/c1-19(2,3)20-18(22)14-6-8-15(9-7-14)21(4)26(23,24)17-12-10-16(25-5)11-13-17/h6-13H,1-5H3,(H,20,22). The monoisotopic (exact) mass is 392 g/mol. The smallest absolute Gasteiger partial charge is 0.264 e. The van der Waals surface area contributed by atoms with E-state index in [0.29, 0.717) is 11.3 Å². The minimum absolute atomic E-state index is 0.192. The molecule has 1 amide bonds. The molecule has 0 aliphatic carbocycles. The lowest BCUT2D eigenvalue weighted by Crippen LogP contribution is -2.40. The van der Waals surface area contributed by atoms with Crippen molar-refractivity contribution in [3.8, 4) is 0 Å². The third-order valence-corrected chi connectivity index (χ3v) is 6.24. The van der Waals surface area contributed by atoms with E-state index in [1.165, 1.54) is 11.4 Å². The molecule has 0 unspecified atom stereocenters. The van der Waals surface area contributed by atoms with Crippen molar-refractivity contribution in [3.05, 3.63) is 54.1 Å². The predicted octanol–water partition coefficient (Wildman–Crippen LogP) is 3.76. The van der Waals surface area contributed by atoms with Gasteiger partial charge < -0.3 is 5.32 Å². The van der Waals surface area contributed by atoms with Crippen molar-refractivity contribution in [3.63, 3.8) is 0 Å². The van der Waals surface area contributed by atoms with Crippen molar-refractivity contribution in [1.82, 2.24) is 5.32 Å². The van der Waals surface area contributed by atoms with Gasteiger partial charge in [-0.2, -0.15) is 0 Å². The Hall–Kier alpha value is -1.99. The van der Waals surface area contributed by atoms with Crippen molar-refractivity contribution < 1.29 is 13.2 Å². The van der Waals surface area contributed by atoms with E-state index in [2.05, 4.69) is 5.32 Å². The van der Waals surface area contributed by atoms with Crippen LogP contribution in [0.15, 0.2) is 58.3 Å². The van der Waals surface area contributed by atoms with E-state index < -0.39 is 10.0 Å². The Labute approximate surface area is 159 Å². The highest BCUT2D eigenvalue weighted by Gasteiger charge is 2.22. The summed E-state index contributed by atoms with van der Waals surface area (Å²) < 4.78 is 26.8. The van der Waals surface area contributed by atoms with E-state index >= 15 is 0 Å². The summed E-state index contributed by atoms with van der Waals surface area (Å²) in [6.07, 6.45) is 1.94. The fraction of sp³-hybridized carbons (Fsp3) is 0.316. The van der Waals surface area contributed by atoms with E-state index in [1.54, 1.807) is 60.3 Å². The molecule has 26 heavy (non-hydrogen) atoms. The van der Waals surface area contributed by atoms with Gasteiger partial charge in [-0.15, -0.1) is 11.8 Å². The summed E-state index contributed by atoms with van der Waals surface area (Å²) in [4.78, 5) is 13.4. The number of carbonyl (C=O) groups is 1. The Bertz CT molecular complexity index is 868. The van der Waals surface area contributed by atoms with E-state index in [0.717, 1.165) is 4.90 Å². The number of amides is 1. The molecule has 0 bridgehead atoms. The number of hydrogen-bond donors (Lipinski definition) is 1. The highest BCUT2D eigenvalue weighted by Crippen LogP contribution is 2.24. The van der Waals surface area contributed by atoms with Crippen LogP contribution in [0, 0.1) is 0 Å². The molecule has 0 spiro atoms. The number of sulfonamides is 1. The van der Waals surface area contributed by atoms with Crippen LogP contribution >= 0.6 is 11.8 Å². The number of nitrogens with one attached hydrogen (secondary N) is 1. The average molecular weight is 393 g/mol. The van der Waals surface area contributed by atoms with Gasteiger partial charge in [-0.1, -0.05) is 0 Å². The van der Waals surface area contributed by atoms with Crippen molar-refractivity contribution in [2.24, 2.45) is 0 Å². The van der Waals surface area contributed by atoms with Crippen LogP contribution in [0.1, 0.15) is 31.1 Å². The second-order valence-electron chi connectivity index (χ2n) is 6.90. The maximum Gasteiger partial charge on any atom is 0.264 e. The molecular weight excluding hydrogens is 368 g/mol. The molecule has 0 radical (unpaired) electrons. The first-order valence-corrected chi connectivity index (χ1v) is 10.8. The number of anilines is 1. The summed E-state index contributed by atoms with van der Waals surface area (Å²) in [6, 6.07) is 13.3. The molecule has 140 valence electrons. The van der Waals surface area contributed by atoms with Crippen LogP contribution in [0.2, 0.25) is 0 Å². The predicted molar refractivity (Wildman–Crippen MR) is 107 cm³/mol. The third-order valence-electron chi connectivity index (χ3n) is 3.70. The van der Waals surface area contributed by atoms with Crippen molar-refractivity contribution in [2.45, 2.75) is 36.1 Å². The first-order valence-electron chi connectivity index (χ1n) is 8.10. The lowest BCUT2D eigenvalue weighted by molar-refractivity contribution is 0.0919. The molecule has 0 heterocycles. The lowest BCUT2D eigenvalue weighted by Gasteiger charge is -2.22. The van der Waals surface area contributed by atoms with Gasteiger partial charge in [-0.05, 0) is 75.6 Å². The highest BCUT2D eigenvalue weighted by molar-refractivity contribution is 7.98. The summed E-state index contributed by atoms with van der Waals surface area (Å²) in [5.74, 6) is -0.192. The molecule has 5 nitrogen and oxygen atoms in total.